The number of benzene rings is 2. The van der Waals surface area contributed by atoms with Gasteiger partial charge in [-0.05, 0) is 12.1 Å². The van der Waals surface area contributed by atoms with E-state index >= 15 is 0 Å². The highest BCUT2D eigenvalue weighted by atomic mass is 19.4. The summed E-state index contributed by atoms with van der Waals surface area (Å²) < 4.78 is 44.5. The summed E-state index contributed by atoms with van der Waals surface area (Å²) in [5, 5.41) is 0. The monoisotopic (exact) mass is 289 g/mol. The molecule has 0 radical (unpaired) electrons. The van der Waals surface area contributed by atoms with Crippen LogP contribution in [0.15, 0.2) is 65.2 Å². The van der Waals surface area contributed by atoms with Gasteiger partial charge >= 0.3 is 6.18 Å². The van der Waals surface area contributed by atoms with Gasteiger partial charge in [0, 0.05) is 11.1 Å². The lowest BCUT2D eigenvalue weighted by Crippen LogP contribution is -2.06. The molecule has 0 spiro atoms. The Balaban J connectivity index is 2.06. The molecule has 106 valence electrons. The van der Waals surface area contributed by atoms with Crippen LogP contribution in [0.2, 0.25) is 0 Å². The van der Waals surface area contributed by atoms with Crippen molar-refractivity contribution in [3.05, 3.63) is 66.4 Å². The maximum absolute atomic E-state index is 13.0. The molecular weight excluding hydrogens is 279 g/mol. The predicted molar refractivity (Wildman–Crippen MR) is 72.4 cm³/mol. The summed E-state index contributed by atoms with van der Waals surface area (Å²) >= 11 is 0. The summed E-state index contributed by atoms with van der Waals surface area (Å²) in [4.78, 5) is 3.97. The summed E-state index contributed by atoms with van der Waals surface area (Å²) in [7, 11) is 0. The Bertz CT molecular complexity index is 747. The quantitative estimate of drug-likeness (QED) is 0.661. The molecule has 0 unspecified atom stereocenters. The zero-order chi connectivity index (χ0) is 14.9. The van der Waals surface area contributed by atoms with Gasteiger partial charge in [-0.1, -0.05) is 42.5 Å². The molecule has 0 aliphatic heterocycles. The molecule has 0 aliphatic rings. The van der Waals surface area contributed by atoms with Crippen LogP contribution in [0.5, 0.6) is 0 Å². The van der Waals surface area contributed by atoms with Crippen LogP contribution in [0.1, 0.15) is 5.56 Å². The maximum Gasteiger partial charge on any atom is 0.417 e. The highest BCUT2D eigenvalue weighted by molar-refractivity contribution is 5.63. The van der Waals surface area contributed by atoms with Crippen molar-refractivity contribution in [2.75, 3.05) is 0 Å². The van der Waals surface area contributed by atoms with E-state index in [9.17, 15) is 13.2 Å². The second kappa shape index (κ2) is 5.09. The zero-order valence-corrected chi connectivity index (χ0v) is 10.8. The van der Waals surface area contributed by atoms with Gasteiger partial charge in [0.15, 0.2) is 5.76 Å². The predicted octanol–water partition coefficient (Wildman–Crippen LogP) is 5.03. The van der Waals surface area contributed by atoms with Crippen molar-refractivity contribution >= 4 is 0 Å². The van der Waals surface area contributed by atoms with Crippen LogP contribution in [0.3, 0.4) is 0 Å². The molecule has 0 saturated carbocycles. The Morgan fingerprint density at radius 2 is 1.52 bits per heavy atom. The first-order valence-corrected chi connectivity index (χ1v) is 6.23. The van der Waals surface area contributed by atoms with Crippen molar-refractivity contribution in [1.29, 1.82) is 0 Å². The van der Waals surface area contributed by atoms with Gasteiger partial charge in [0.05, 0.1) is 11.8 Å². The Kier molecular flexibility index (Phi) is 3.25. The Hall–Kier alpha value is -2.56. The number of rotatable bonds is 2. The highest BCUT2D eigenvalue weighted by Crippen LogP contribution is 2.37. The molecule has 0 saturated heterocycles. The topological polar surface area (TPSA) is 26.0 Å². The lowest BCUT2D eigenvalue weighted by molar-refractivity contribution is -0.137. The number of aromatic nitrogens is 1. The maximum atomic E-state index is 13.0. The van der Waals surface area contributed by atoms with Crippen molar-refractivity contribution in [2.24, 2.45) is 0 Å². The second-order valence-electron chi connectivity index (χ2n) is 4.44. The highest BCUT2D eigenvalue weighted by Gasteiger charge is 2.34. The van der Waals surface area contributed by atoms with Crippen molar-refractivity contribution < 1.29 is 17.6 Å². The second-order valence-corrected chi connectivity index (χ2v) is 4.44. The third kappa shape index (κ3) is 2.67. The molecule has 1 aromatic heterocycles. The van der Waals surface area contributed by atoms with Gasteiger partial charge in [-0.2, -0.15) is 13.2 Å². The third-order valence-corrected chi connectivity index (χ3v) is 3.03. The fourth-order valence-electron chi connectivity index (χ4n) is 2.05. The number of oxazole rings is 1. The van der Waals surface area contributed by atoms with Crippen LogP contribution in [0.4, 0.5) is 13.2 Å². The lowest BCUT2D eigenvalue weighted by atomic mass is 10.1. The Morgan fingerprint density at radius 1 is 0.857 bits per heavy atom. The minimum absolute atomic E-state index is 0.0400. The number of nitrogens with zero attached hydrogens (tertiary/aromatic N) is 1. The van der Waals surface area contributed by atoms with Crippen LogP contribution >= 0.6 is 0 Å². The summed E-state index contributed by atoms with van der Waals surface area (Å²) in [5.41, 5.74) is -0.0561. The average molecular weight is 289 g/mol. The van der Waals surface area contributed by atoms with Gasteiger partial charge in [-0.15, -0.1) is 0 Å². The largest absolute Gasteiger partial charge is 0.436 e. The minimum atomic E-state index is -4.45. The van der Waals surface area contributed by atoms with Crippen LogP contribution in [-0.2, 0) is 6.18 Å². The number of hydrogen-bond donors (Lipinski definition) is 0. The molecule has 1 heterocycles. The fraction of sp³-hybridized carbons (Fsp3) is 0.0625. The van der Waals surface area contributed by atoms with Gasteiger partial charge in [0.1, 0.15) is 0 Å². The van der Waals surface area contributed by atoms with Crippen molar-refractivity contribution in [2.45, 2.75) is 6.18 Å². The van der Waals surface area contributed by atoms with Crippen LogP contribution < -0.4 is 0 Å². The molecule has 0 aliphatic carbocycles. The molecule has 2 aromatic carbocycles. The van der Waals surface area contributed by atoms with E-state index in [2.05, 4.69) is 4.98 Å². The molecule has 0 bridgehead atoms. The van der Waals surface area contributed by atoms with E-state index in [0.29, 0.717) is 5.76 Å². The van der Waals surface area contributed by atoms with Gasteiger partial charge in [-0.25, -0.2) is 4.98 Å². The molecule has 0 fully saturated rings. The van der Waals surface area contributed by atoms with E-state index in [1.165, 1.54) is 24.4 Å². The van der Waals surface area contributed by atoms with E-state index in [1.54, 1.807) is 12.1 Å². The molecule has 0 amide bonds. The first-order chi connectivity index (χ1) is 10.1. The van der Waals surface area contributed by atoms with Crippen LogP contribution in [-0.4, -0.2) is 4.98 Å². The summed E-state index contributed by atoms with van der Waals surface area (Å²) in [6, 6.07) is 14.3. The Labute approximate surface area is 118 Å². The number of hydrogen-bond acceptors (Lipinski definition) is 2. The van der Waals surface area contributed by atoms with E-state index in [4.69, 9.17) is 4.42 Å². The molecule has 5 heteroatoms. The molecule has 0 atom stereocenters. The van der Waals surface area contributed by atoms with Crippen LogP contribution in [0, 0.1) is 0 Å². The first kappa shape index (κ1) is 13.4. The van der Waals surface area contributed by atoms with Gasteiger partial charge in [0.25, 0.3) is 0 Å². The van der Waals surface area contributed by atoms with E-state index in [-0.39, 0.29) is 11.5 Å². The molecule has 3 aromatic rings. The van der Waals surface area contributed by atoms with Crippen LogP contribution in [0.25, 0.3) is 22.8 Å². The average Bonchev–Trinajstić information content (AvgIpc) is 2.97. The molecule has 3 rings (SSSR count). The third-order valence-electron chi connectivity index (χ3n) is 3.03. The molecule has 0 N–H and O–H groups in total. The van der Waals surface area contributed by atoms with Gasteiger partial charge in [-0.3, -0.25) is 0 Å². The van der Waals surface area contributed by atoms with Crippen molar-refractivity contribution in [1.82, 2.24) is 4.98 Å². The van der Waals surface area contributed by atoms with E-state index in [1.807, 2.05) is 18.2 Å². The normalized spacial score (nSPS) is 11.6. The smallest absolute Gasteiger partial charge is 0.417 e. The SMILES string of the molecule is FC(F)(F)c1ccccc1-c1ncc(-c2ccccc2)o1. The van der Waals surface area contributed by atoms with Crippen molar-refractivity contribution in [3.8, 4) is 22.8 Å². The zero-order valence-electron chi connectivity index (χ0n) is 10.8. The number of halogens is 3. The minimum Gasteiger partial charge on any atom is -0.436 e. The summed E-state index contributed by atoms with van der Waals surface area (Å²) in [5.74, 6) is 0.393. The first-order valence-electron chi connectivity index (χ1n) is 6.23. The van der Waals surface area contributed by atoms with E-state index in [0.717, 1.165) is 11.6 Å². The fourth-order valence-corrected chi connectivity index (χ4v) is 2.05. The number of alkyl halides is 3. The standard InChI is InChI=1S/C16H10F3NO/c17-16(18,19)13-9-5-4-8-12(13)15-20-10-14(21-15)11-6-2-1-3-7-11/h1-10H. The lowest BCUT2D eigenvalue weighted by Gasteiger charge is -2.09. The molecule has 21 heavy (non-hydrogen) atoms. The Morgan fingerprint density at radius 3 is 2.24 bits per heavy atom. The molecule has 2 nitrogen and oxygen atoms in total. The van der Waals surface area contributed by atoms with Crippen molar-refractivity contribution in [3.63, 3.8) is 0 Å². The van der Waals surface area contributed by atoms with E-state index < -0.39 is 11.7 Å². The van der Waals surface area contributed by atoms with Gasteiger partial charge < -0.3 is 4.42 Å². The molecular formula is C16H10F3NO. The van der Waals surface area contributed by atoms with Gasteiger partial charge in [0.2, 0.25) is 5.89 Å². The summed E-state index contributed by atoms with van der Waals surface area (Å²) in [6.45, 7) is 0. The summed E-state index contributed by atoms with van der Waals surface area (Å²) in [6.07, 6.45) is -3.02.